The summed E-state index contributed by atoms with van der Waals surface area (Å²) in [6, 6.07) is 22.4. The number of sulfonamides is 1. The number of Topliss-reactive ketones (excluding diaryl/α,β-unsaturated/α-hetero) is 1. The van der Waals surface area contributed by atoms with Gasteiger partial charge in [-0.1, -0.05) is 67.5 Å². The van der Waals surface area contributed by atoms with E-state index in [-0.39, 0.29) is 22.9 Å². The van der Waals surface area contributed by atoms with E-state index in [2.05, 4.69) is 15.3 Å². The molecule has 49 heavy (non-hydrogen) atoms. The summed E-state index contributed by atoms with van der Waals surface area (Å²) in [5.74, 6) is -0.980. The second-order valence-corrected chi connectivity index (χ2v) is 14.8. The fourth-order valence-electron chi connectivity index (χ4n) is 5.50. The minimum absolute atomic E-state index is 0.0576. The van der Waals surface area contributed by atoms with Crippen LogP contribution in [0.5, 0.6) is 0 Å². The molecular weight excluding hydrogens is 681 g/mol. The fraction of sp³-hybridized carbons (Fsp3) is 0.278. The highest BCUT2D eigenvalue weighted by molar-refractivity contribution is 7.99. The van der Waals surface area contributed by atoms with Crippen LogP contribution in [0, 0.1) is 0 Å². The summed E-state index contributed by atoms with van der Waals surface area (Å²) in [5.41, 5.74) is 4.25. The summed E-state index contributed by atoms with van der Waals surface area (Å²) in [6.07, 6.45) is 0.274. The molecule has 2 aromatic heterocycles. The first-order chi connectivity index (χ1) is 25.3. The Kier molecular flexibility index (Phi) is 10.7. The van der Waals surface area contributed by atoms with E-state index in [1.165, 1.54) is 43.0 Å². The number of thiazole rings is 1. The number of nitrogens with zero attached hydrogens (tertiary/aromatic N) is 3. The molecule has 3 atom stereocenters. The maximum absolute atomic E-state index is 14.3. The Balaban J connectivity index is 1.44. The van der Waals surface area contributed by atoms with Crippen molar-refractivity contribution in [3.8, 4) is 0 Å². The molecular formula is C36H38N4O6S3. The first-order valence-electron chi connectivity index (χ1n) is 17.3. The van der Waals surface area contributed by atoms with Gasteiger partial charge in [-0.15, -0.1) is 23.1 Å². The molecule has 0 saturated heterocycles. The number of hydrogen-bond donors (Lipinski definition) is 2. The van der Waals surface area contributed by atoms with E-state index in [1.807, 2.05) is 60.7 Å². The minimum atomic E-state index is -4.41. The van der Waals surface area contributed by atoms with Crippen molar-refractivity contribution in [1.82, 2.24) is 19.6 Å². The molecule has 0 spiro atoms. The van der Waals surface area contributed by atoms with Crippen LogP contribution in [0.3, 0.4) is 0 Å². The van der Waals surface area contributed by atoms with Crippen molar-refractivity contribution in [2.24, 2.45) is 0 Å². The van der Waals surface area contributed by atoms with Gasteiger partial charge in [-0.3, -0.25) is 9.78 Å². The number of benzene rings is 3. The number of hydrogen-bond acceptors (Lipinski definition) is 10. The molecule has 0 aliphatic carbocycles. The van der Waals surface area contributed by atoms with Gasteiger partial charge in [0.1, 0.15) is 6.04 Å². The molecule has 1 unspecified atom stereocenters. The molecule has 0 bridgehead atoms. The lowest BCUT2D eigenvalue weighted by Gasteiger charge is -2.29. The molecule has 3 aromatic carbocycles. The molecule has 2 heterocycles. The Morgan fingerprint density at radius 2 is 1.80 bits per heavy atom. The number of carbonyl (C=O) groups excluding carboxylic acids is 2. The standard InChI is InChI=1S/C36H38N4O6S3/c1-3-18-40(49(44,45)29-14-15-30-33(20-29)48-24-38-30)28(22-41)23-47-32-16-17-37-21-27(32)19-31(42)35(39-36(43)46-2)34(25-10-6-4-7-11-25)26-12-8-5-9-13-26/h4-17,20-21,24,28,34-35,41H,3,18-19,22-23H2,1-2H3,(H,39,43)/t28-,35-/m1/s1/i1D3,3D/t3?,28-,35-. The lowest BCUT2D eigenvalue weighted by Crippen LogP contribution is -2.46. The number of rotatable bonds is 16. The van der Waals surface area contributed by atoms with Crippen molar-refractivity contribution >= 4 is 55.2 Å². The van der Waals surface area contributed by atoms with Crippen molar-refractivity contribution in [2.75, 3.05) is 26.0 Å². The Labute approximate surface area is 300 Å². The van der Waals surface area contributed by atoms with Crippen LogP contribution in [-0.4, -0.2) is 77.8 Å². The van der Waals surface area contributed by atoms with Crippen molar-refractivity contribution in [1.29, 1.82) is 0 Å². The first-order valence-corrected chi connectivity index (χ1v) is 18.5. The predicted molar refractivity (Wildman–Crippen MR) is 192 cm³/mol. The normalized spacial score (nSPS) is 15.1. The molecule has 2 N–H and O–H groups in total. The number of pyridine rings is 1. The van der Waals surface area contributed by atoms with Gasteiger partial charge in [0.2, 0.25) is 10.0 Å². The van der Waals surface area contributed by atoms with Gasteiger partial charge in [0.15, 0.2) is 5.78 Å². The van der Waals surface area contributed by atoms with Crippen molar-refractivity contribution < 1.29 is 33.3 Å². The van der Waals surface area contributed by atoms with Crippen LogP contribution < -0.4 is 5.32 Å². The lowest BCUT2D eigenvalue weighted by molar-refractivity contribution is -0.120. The fourth-order valence-corrected chi connectivity index (χ4v) is 9.09. The molecule has 0 radical (unpaired) electrons. The highest BCUT2D eigenvalue weighted by atomic mass is 32.2. The molecule has 0 aliphatic rings. The van der Waals surface area contributed by atoms with Crippen LogP contribution in [0.4, 0.5) is 4.79 Å². The third kappa shape index (κ3) is 8.72. The summed E-state index contributed by atoms with van der Waals surface area (Å²) < 4.78 is 66.1. The lowest BCUT2D eigenvalue weighted by atomic mass is 9.82. The number of carbonyl (C=O) groups is 2. The van der Waals surface area contributed by atoms with Crippen LogP contribution >= 0.6 is 23.1 Å². The van der Waals surface area contributed by atoms with Crippen LogP contribution in [-0.2, 0) is 26.0 Å². The molecule has 0 saturated carbocycles. The average Bonchev–Trinajstić information content (AvgIpc) is 3.63. The molecule has 0 fully saturated rings. The Morgan fingerprint density at radius 1 is 1.08 bits per heavy atom. The zero-order valence-corrected chi connectivity index (χ0v) is 29.0. The summed E-state index contributed by atoms with van der Waals surface area (Å²) in [7, 11) is -3.19. The van der Waals surface area contributed by atoms with Gasteiger partial charge in [0, 0.05) is 47.4 Å². The Morgan fingerprint density at radius 3 is 2.45 bits per heavy atom. The van der Waals surface area contributed by atoms with E-state index in [9.17, 15) is 23.1 Å². The van der Waals surface area contributed by atoms with E-state index < -0.39 is 60.5 Å². The van der Waals surface area contributed by atoms with Gasteiger partial charge in [-0.05, 0) is 47.4 Å². The topological polar surface area (TPSA) is 139 Å². The number of methoxy groups -OCH3 is 1. The Hall–Kier alpha value is -4.14. The second-order valence-electron chi connectivity index (χ2n) is 10.9. The highest BCUT2D eigenvalue weighted by Gasteiger charge is 2.34. The predicted octanol–water partition coefficient (Wildman–Crippen LogP) is 5.91. The Bertz CT molecular complexity index is 2070. The summed E-state index contributed by atoms with van der Waals surface area (Å²) in [6.45, 7) is -4.16. The number of aromatic nitrogens is 2. The maximum atomic E-state index is 14.3. The molecule has 5 rings (SSSR count). The quantitative estimate of drug-likeness (QED) is 0.119. The zero-order valence-electron chi connectivity index (χ0n) is 30.5. The first kappa shape index (κ1) is 30.9. The second kappa shape index (κ2) is 17.0. The van der Waals surface area contributed by atoms with Gasteiger partial charge in [0.05, 0.1) is 40.4 Å². The van der Waals surface area contributed by atoms with Crippen LogP contribution in [0.1, 0.15) is 41.3 Å². The summed E-state index contributed by atoms with van der Waals surface area (Å²) >= 11 is 2.39. The number of aliphatic hydroxyl groups is 1. The number of thioether (sulfide) groups is 1. The highest BCUT2D eigenvalue weighted by Crippen LogP contribution is 2.32. The van der Waals surface area contributed by atoms with Gasteiger partial charge in [-0.2, -0.15) is 4.31 Å². The number of alkyl carbamates (subject to hydrolysis) is 1. The van der Waals surface area contributed by atoms with Crippen molar-refractivity contribution in [3.05, 3.63) is 120 Å². The van der Waals surface area contributed by atoms with Crippen LogP contribution in [0.2, 0.25) is 0 Å². The molecule has 10 nitrogen and oxygen atoms in total. The molecule has 0 aliphatic heterocycles. The molecule has 256 valence electrons. The smallest absolute Gasteiger partial charge is 0.407 e. The largest absolute Gasteiger partial charge is 0.453 e. The van der Waals surface area contributed by atoms with Crippen molar-refractivity contribution in [3.63, 3.8) is 0 Å². The average molecular weight is 723 g/mol. The van der Waals surface area contributed by atoms with Gasteiger partial charge >= 0.3 is 6.09 Å². The number of amides is 1. The minimum Gasteiger partial charge on any atom is -0.453 e. The zero-order chi connectivity index (χ0) is 38.2. The van der Waals surface area contributed by atoms with E-state index in [4.69, 9.17) is 10.2 Å². The van der Waals surface area contributed by atoms with Crippen molar-refractivity contribution in [2.45, 2.75) is 47.5 Å². The van der Waals surface area contributed by atoms with Gasteiger partial charge in [-0.25, -0.2) is 18.2 Å². The van der Waals surface area contributed by atoms with E-state index >= 15 is 0 Å². The van der Waals surface area contributed by atoms with Gasteiger partial charge in [0.25, 0.3) is 0 Å². The van der Waals surface area contributed by atoms with Crippen LogP contribution in [0.15, 0.2) is 113 Å². The van der Waals surface area contributed by atoms with Crippen LogP contribution in [0.25, 0.3) is 10.2 Å². The molecule has 5 aromatic rings. The summed E-state index contributed by atoms with van der Waals surface area (Å²) in [4.78, 5) is 35.7. The number of ketones is 1. The molecule has 13 heteroatoms. The van der Waals surface area contributed by atoms with E-state index in [0.717, 1.165) is 27.2 Å². The number of ether oxygens (including phenoxy) is 1. The summed E-state index contributed by atoms with van der Waals surface area (Å²) in [5, 5.41) is 13.3. The maximum Gasteiger partial charge on any atom is 0.407 e. The monoisotopic (exact) mass is 722 g/mol. The number of fused-ring (bicyclic) bond motifs is 1. The van der Waals surface area contributed by atoms with Gasteiger partial charge < -0.3 is 15.2 Å². The van der Waals surface area contributed by atoms with E-state index in [0.29, 0.717) is 20.7 Å². The third-order valence-corrected chi connectivity index (χ3v) is 11.9. The molecule has 1 amide bonds. The van der Waals surface area contributed by atoms with E-state index in [1.54, 1.807) is 17.6 Å². The third-order valence-electron chi connectivity index (χ3n) is 7.91. The SMILES string of the molecule is [2H]C(CN([C@H](CO)CSc1ccncc1CC(=O)[C@@H](NC(=O)OC)C(c1ccccc1)c1ccccc1)S(=O)(=O)c1ccc2ncsc2c1)C([2H])([2H])[2H]. The number of nitrogens with one attached hydrogen (secondary N) is 1. The number of aliphatic hydroxyl groups excluding tert-OH is 1.